The Morgan fingerprint density at radius 3 is 2.55 bits per heavy atom. The van der Waals surface area contributed by atoms with Gasteiger partial charge in [-0.3, -0.25) is 0 Å². The van der Waals surface area contributed by atoms with Crippen LogP contribution in [0.25, 0.3) is 0 Å². The van der Waals surface area contributed by atoms with Crippen molar-refractivity contribution in [2.75, 3.05) is 32.6 Å². The van der Waals surface area contributed by atoms with Gasteiger partial charge in [0.05, 0.1) is 7.11 Å². The molecule has 0 saturated carbocycles. The van der Waals surface area contributed by atoms with Crippen LogP contribution in [0.15, 0.2) is 18.2 Å². The first-order chi connectivity index (χ1) is 9.58. The number of ether oxygens (including phenoxy) is 2. The number of methoxy groups -OCH3 is 1. The highest BCUT2D eigenvalue weighted by Gasteiger charge is 2.17. The molecular formula is C14H20F2N2O2. The van der Waals surface area contributed by atoms with Gasteiger partial charge in [0.1, 0.15) is 0 Å². The number of hydrogen-bond acceptors (Lipinski definition) is 4. The molecule has 1 aromatic rings. The van der Waals surface area contributed by atoms with Gasteiger partial charge in [-0.25, -0.2) is 0 Å². The Balaban J connectivity index is 2.04. The van der Waals surface area contributed by atoms with E-state index in [2.05, 4.69) is 22.0 Å². The maximum atomic E-state index is 12.4. The second-order valence-corrected chi connectivity index (χ2v) is 4.97. The summed E-state index contributed by atoms with van der Waals surface area (Å²) in [5.74, 6) is 0.361. The van der Waals surface area contributed by atoms with Gasteiger partial charge < -0.3 is 19.7 Å². The number of piperidine rings is 1. The number of rotatable bonds is 5. The lowest BCUT2D eigenvalue weighted by Gasteiger charge is -2.30. The van der Waals surface area contributed by atoms with Gasteiger partial charge in [0.2, 0.25) is 0 Å². The van der Waals surface area contributed by atoms with Crippen LogP contribution in [-0.2, 0) is 0 Å². The summed E-state index contributed by atoms with van der Waals surface area (Å²) in [7, 11) is 3.52. The molecule has 0 aromatic heterocycles. The first-order valence-corrected chi connectivity index (χ1v) is 6.66. The quantitative estimate of drug-likeness (QED) is 0.902. The number of nitrogens with one attached hydrogen (secondary N) is 1. The van der Waals surface area contributed by atoms with Crippen LogP contribution < -0.4 is 14.8 Å². The molecular weight excluding hydrogens is 266 g/mol. The van der Waals surface area contributed by atoms with Gasteiger partial charge in [0, 0.05) is 17.8 Å². The van der Waals surface area contributed by atoms with Crippen LogP contribution in [-0.4, -0.2) is 44.8 Å². The van der Waals surface area contributed by atoms with Gasteiger partial charge >= 0.3 is 6.61 Å². The number of nitrogens with zero attached hydrogens (tertiary/aromatic N) is 1. The smallest absolute Gasteiger partial charge is 0.387 e. The number of halogens is 2. The van der Waals surface area contributed by atoms with Gasteiger partial charge in [-0.2, -0.15) is 8.78 Å². The molecule has 4 nitrogen and oxygen atoms in total. The molecule has 0 bridgehead atoms. The van der Waals surface area contributed by atoms with Crippen molar-refractivity contribution < 1.29 is 18.3 Å². The Morgan fingerprint density at radius 2 is 1.95 bits per heavy atom. The second kappa shape index (κ2) is 6.74. The maximum absolute atomic E-state index is 12.4. The lowest BCUT2D eigenvalue weighted by atomic mass is 10.1. The number of likely N-dealkylation sites (tertiary alicyclic amines) is 1. The molecule has 0 aliphatic carbocycles. The minimum Gasteiger partial charge on any atom is -0.493 e. The number of benzene rings is 1. The Kier molecular flexibility index (Phi) is 5.00. The fourth-order valence-electron chi connectivity index (χ4n) is 2.34. The zero-order valence-corrected chi connectivity index (χ0v) is 11.7. The molecule has 0 atom stereocenters. The van der Waals surface area contributed by atoms with Crippen molar-refractivity contribution in [1.82, 2.24) is 4.90 Å². The van der Waals surface area contributed by atoms with Gasteiger partial charge in [0.15, 0.2) is 11.5 Å². The third-order valence-corrected chi connectivity index (χ3v) is 3.47. The normalized spacial score (nSPS) is 17.2. The molecule has 6 heteroatoms. The number of alkyl halides is 2. The largest absolute Gasteiger partial charge is 0.493 e. The summed E-state index contributed by atoms with van der Waals surface area (Å²) in [5, 5.41) is 3.36. The topological polar surface area (TPSA) is 33.7 Å². The van der Waals surface area contributed by atoms with E-state index in [-0.39, 0.29) is 5.75 Å². The molecule has 1 aliphatic rings. The SMILES string of the molecule is COc1ccc(NC2CCN(C)CC2)cc1OC(F)F. The Labute approximate surface area is 117 Å². The van der Waals surface area contributed by atoms with E-state index in [1.165, 1.54) is 7.11 Å². The van der Waals surface area contributed by atoms with Gasteiger partial charge in [-0.1, -0.05) is 0 Å². The van der Waals surface area contributed by atoms with Crippen LogP contribution in [0.2, 0.25) is 0 Å². The first kappa shape index (κ1) is 14.8. The van der Waals surface area contributed by atoms with Crippen LogP contribution in [0.5, 0.6) is 11.5 Å². The number of anilines is 1. The highest BCUT2D eigenvalue weighted by atomic mass is 19.3. The van der Waals surface area contributed by atoms with Crippen molar-refractivity contribution >= 4 is 5.69 Å². The third kappa shape index (κ3) is 3.96. The van der Waals surface area contributed by atoms with Crippen molar-refractivity contribution in [3.63, 3.8) is 0 Å². The van der Waals surface area contributed by atoms with E-state index < -0.39 is 6.61 Å². The molecule has 1 aliphatic heterocycles. The summed E-state index contributed by atoms with van der Waals surface area (Å²) in [6.45, 7) is -0.787. The van der Waals surface area contributed by atoms with Crippen molar-refractivity contribution in [3.8, 4) is 11.5 Å². The van der Waals surface area contributed by atoms with Crippen LogP contribution >= 0.6 is 0 Å². The fraction of sp³-hybridized carbons (Fsp3) is 0.571. The van der Waals surface area contributed by atoms with Gasteiger partial charge in [-0.05, 0) is 45.1 Å². The van der Waals surface area contributed by atoms with E-state index >= 15 is 0 Å². The molecule has 0 unspecified atom stereocenters. The second-order valence-electron chi connectivity index (χ2n) is 4.97. The lowest BCUT2D eigenvalue weighted by molar-refractivity contribution is -0.0511. The van der Waals surface area contributed by atoms with E-state index in [4.69, 9.17) is 4.74 Å². The predicted octanol–water partition coefficient (Wildman–Crippen LogP) is 2.80. The summed E-state index contributed by atoms with van der Waals surface area (Å²) in [4.78, 5) is 2.28. The van der Waals surface area contributed by atoms with E-state index in [1.807, 2.05) is 6.07 Å². The monoisotopic (exact) mass is 286 g/mol. The van der Waals surface area contributed by atoms with Crippen LogP contribution in [0.4, 0.5) is 14.5 Å². The summed E-state index contributed by atoms with van der Waals surface area (Å²) >= 11 is 0. The fourth-order valence-corrected chi connectivity index (χ4v) is 2.34. The molecule has 0 amide bonds. The van der Waals surface area contributed by atoms with Gasteiger partial charge in [-0.15, -0.1) is 0 Å². The molecule has 1 fully saturated rings. The van der Waals surface area contributed by atoms with Crippen LogP contribution in [0.3, 0.4) is 0 Å². The van der Waals surface area contributed by atoms with E-state index in [0.717, 1.165) is 31.6 Å². The summed E-state index contributed by atoms with van der Waals surface area (Å²) in [5.41, 5.74) is 0.774. The van der Waals surface area contributed by atoms with E-state index in [0.29, 0.717) is 11.8 Å². The highest BCUT2D eigenvalue weighted by Crippen LogP contribution is 2.32. The zero-order chi connectivity index (χ0) is 14.5. The molecule has 1 aromatic carbocycles. The standard InChI is InChI=1S/C14H20F2N2O2/c1-18-7-5-10(6-8-18)17-11-3-4-12(19-2)13(9-11)20-14(15)16/h3-4,9-10,14,17H,5-8H2,1-2H3. The highest BCUT2D eigenvalue weighted by molar-refractivity contribution is 5.55. The Morgan fingerprint density at radius 1 is 1.25 bits per heavy atom. The summed E-state index contributed by atoms with van der Waals surface area (Å²) < 4.78 is 34.2. The van der Waals surface area contributed by atoms with Crippen molar-refractivity contribution in [1.29, 1.82) is 0 Å². The maximum Gasteiger partial charge on any atom is 0.387 e. The summed E-state index contributed by atoms with van der Waals surface area (Å²) in [6.07, 6.45) is 2.07. The molecule has 0 radical (unpaired) electrons. The Hall–Kier alpha value is -1.56. The lowest BCUT2D eigenvalue weighted by Crippen LogP contribution is -2.36. The molecule has 1 N–H and O–H groups in total. The van der Waals surface area contributed by atoms with Crippen molar-refractivity contribution in [2.45, 2.75) is 25.5 Å². The molecule has 112 valence electrons. The van der Waals surface area contributed by atoms with E-state index in [9.17, 15) is 8.78 Å². The van der Waals surface area contributed by atoms with Crippen LogP contribution in [0.1, 0.15) is 12.8 Å². The number of hydrogen-bond donors (Lipinski definition) is 1. The molecule has 1 saturated heterocycles. The third-order valence-electron chi connectivity index (χ3n) is 3.47. The zero-order valence-electron chi connectivity index (χ0n) is 11.7. The predicted molar refractivity (Wildman–Crippen MR) is 73.8 cm³/mol. The van der Waals surface area contributed by atoms with Crippen molar-refractivity contribution in [3.05, 3.63) is 18.2 Å². The molecule has 1 heterocycles. The summed E-state index contributed by atoms with van der Waals surface area (Å²) in [6, 6.07) is 5.37. The molecule has 0 spiro atoms. The molecule has 2 rings (SSSR count). The first-order valence-electron chi connectivity index (χ1n) is 6.66. The van der Waals surface area contributed by atoms with Gasteiger partial charge in [0.25, 0.3) is 0 Å². The van der Waals surface area contributed by atoms with Crippen LogP contribution in [0, 0.1) is 0 Å². The average molecular weight is 286 g/mol. The minimum atomic E-state index is -2.86. The average Bonchev–Trinajstić information content (AvgIpc) is 2.41. The minimum absolute atomic E-state index is 0.0560. The van der Waals surface area contributed by atoms with E-state index in [1.54, 1.807) is 12.1 Å². The van der Waals surface area contributed by atoms with Crippen molar-refractivity contribution in [2.24, 2.45) is 0 Å². The molecule has 20 heavy (non-hydrogen) atoms. The Bertz CT molecular complexity index is 435.